The molecule has 2 aromatic carbocycles. The van der Waals surface area contributed by atoms with E-state index in [0.29, 0.717) is 5.56 Å². The molecule has 0 saturated heterocycles. The van der Waals surface area contributed by atoms with Gasteiger partial charge in [0.15, 0.2) is 0 Å². The lowest BCUT2D eigenvalue weighted by molar-refractivity contribution is 1.49. The third kappa shape index (κ3) is 2.99. The average molecular weight is 355 g/mol. The molecule has 0 unspecified atom stereocenters. The van der Waals surface area contributed by atoms with Gasteiger partial charge < -0.3 is 5.32 Å². The quantitative estimate of drug-likeness (QED) is 0.645. The van der Waals surface area contributed by atoms with E-state index in [4.69, 9.17) is 0 Å². The summed E-state index contributed by atoms with van der Waals surface area (Å²) in [6.07, 6.45) is 0. The zero-order valence-corrected chi connectivity index (χ0v) is 13.4. The number of nitriles is 1. The molecule has 1 aromatic heterocycles. The third-order valence-corrected chi connectivity index (χ3v) is 4.51. The van der Waals surface area contributed by atoms with Crippen LogP contribution >= 0.6 is 27.3 Å². The number of nitrogens with zero attached hydrogens (tertiary/aromatic N) is 1. The number of rotatable bonds is 3. The van der Waals surface area contributed by atoms with Gasteiger partial charge in [-0.05, 0) is 29.8 Å². The number of halogens is 1. The van der Waals surface area contributed by atoms with E-state index in [9.17, 15) is 5.26 Å². The van der Waals surface area contributed by atoms with Crippen molar-refractivity contribution in [3.05, 3.63) is 70.0 Å². The smallest absolute Gasteiger partial charge is 0.111 e. The van der Waals surface area contributed by atoms with Crippen LogP contribution in [0.1, 0.15) is 5.56 Å². The molecule has 0 spiro atoms. The Labute approximate surface area is 135 Å². The number of hydrogen-bond donors (Lipinski definition) is 1. The van der Waals surface area contributed by atoms with Crippen molar-refractivity contribution in [1.82, 2.24) is 0 Å². The van der Waals surface area contributed by atoms with Crippen molar-refractivity contribution in [3.63, 3.8) is 0 Å². The van der Waals surface area contributed by atoms with E-state index in [1.54, 1.807) is 11.3 Å². The van der Waals surface area contributed by atoms with Crippen molar-refractivity contribution in [1.29, 1.82) is 5.26 Å². The van der Waals surface area contributed by atoms with Crippen LogP contribution in [0.4, 0.5) is 10.7 Å². The predicted octanol–water partition coefficient (Wildman–Crippen LogP) is 5.79. The molecule has 3 aromatic rings. The van der Waals surface area contributed by atoms with Gasteiger partial charge in [-0.2, -0.15) is 5.26 Å². The maximum atomic E-state index is 9.49. The van der Waals surface area contributed by atoms with Crippen molar-refractivity contribution in [2.24, 2.45) is 0 Å². The molecule has 1 heterocycles. The first-order valence-corrected chi connectivity index (χ1v) is 8.05. The van der Waals surface area contributed by atoms with Gasteiger partial charge in [-0.1, -0.05) is 46.3 Å². The number of para-hydroxylation sites is 1. The summed E-state index contributed by atoms with van der Waals surface area (Å²) in [6, 6.07) is 20.2. The summed E-state index contributed by atoms with van der Waals surface area (Å²) in [5, 5.41) is 15.7. The highest BCUT2D eigenvalue weighted by atomic mass is 79.9. The van der Waals surface area contributed by atoms with Crippen LogP contribution in [0.5, 0.6) is 0 Å². The SMILES string of the molecule is N#Cc1c(-c2ccc(Br)cc2)csc1Nc1ccccc1. The molecule has 0 bridgehead atoms. The van der Waals surface area contributed by atoms with Crippen LogP contribution in [0, 0.1) is 11.3 Å². The maximum absolute atomic E-state index is 9.49. The third-order valence-electron chi connectivity index (χ3n) is 3.09. The molecule has 3 rings (SSSR count). The minimum Gasteiger partial charge on any atom is -0.346 e. The molecular weight excluding hydrogens is 344 g/mol. The first-order chi connectivity index (χ1) is 10.3. The second kappa shape index (κ2) is 6.13. The highest BCUT2D eigenvalue weighted by Crippen LogP contribution is 2.36. The van der Waals surface area contributed by atoms with Gasteiger partial charge >= 0.3 is 0 Å². The molecule has 4 heteroatoms. The highest BCUT2D eigenvalue weighted by Gasteiger charge is 2.13. The molecular formula is C17H11BrN2S. The van der Waals surface area contributed by atoms with E-state index in [1.165, 1.54) is 0 Å². The average Bonchev–Trinajstić information content (AvgIpc) is 2.92. The second-order valence-electron chi connectivity index (χ2n) is 4.46. The molecule has 0 fully saturated rings. The molecule has 0 aliphatic rings. The Morgan fingerprint density at radius 1 is 1.00 bits per heavy atom. The van der Waals surface area contributed by atoms with Gasteiger partial charge in [-0.3, -0.25) is 0 Å². The number of anilines is 2. The van der Waals surface area contributed by atoms with E-state index in [-0.39, 0.29) is 0 Å². The Hall–Kier alpha value is -2.09. The maximum Gasteiger partial charge on any atom is 0.111 e. The largest absolute Gasteiger partial charge is 0.346 e. The molecule has 0 saturated carbocycles. The number of thiophene rings is 1. The molecule has 21 heavy (non-hydrogen) atoms. The number of benzene rings is 2. The fourth-order valence-electron chi connectivity index (χ4n) is 2.06. The molecule has 0 aliphatic carbocycles. The Morgan fingerprint density at radius 2 is 1.71 bits per heavy atom. The standard InChI is InChI=1S/C17H11BrN2S/c18-13-8-6-12(7-9-13)16-11-21-17(15(16)10-19)20-14-4-2-1-3-5-14/h1-9,11,20H. The Bertz CT molecular complexity index is 786. The summed E-state index contributed by atoms with van der Waals surface area (Å²) in [7, 11) is 0. The molecule has 0 atom stereocenters. The lowest BCUT2D eigenvalue weighted by atomic mass is 10.1. The zero-order chi connectivity index (χ0) is 14.7. The summed E-state index contributed by atoms with van der Waals surface area (Å²) in [5.74, 6) is 0. The van der Waals surface area contributed by atoms with Gasteiger partial charge in [-0.15, -0.1) is 11.3 Å². The minimum atomic E-state index is 0.686. The van der Waals surface area contributed by atoms with Gasteiger partial charge in [0.2, 0.25) is 0 Å². The monoisotopic (exact) mass is 354 g/mol. The predicted molar refractivity (Wildman–Crippen MR) is 91.9 cm³/mol. The fourth-order valence-corrected chi connectivity index (χ4v) is 3.26. The first-order valence-electron chi connectivity index (χ1n) is 6.37. The summed E-state index contributed by atoms with van der Waals surface area (Å²) in [5.41, 5.74) is 3.69. The first kappa shape index (κ1) is 13.9. The summed E-state index contributed by atoms with van der Waals surface area (Å²) in [4.78, 5) is 0. The minimum absolute atomic E-state index is 0.686. The summed E-state index contributed by atoms with van der Waals surface area (Å²) >= 11 is 4.98. The molecule has 2 nitrogen and oxygen atoms in total. The van der Waals surface area contributed by atoms with Gasteiger partial charge in [-0.25, -0.2) is 0 Å². The van der Waals surface area contributed by atoms with Crippen LogP contribution in [0.25, 0.3) is 11.1 Å². The molecule has 102 valence electrons. The topological polar surface area (TPSA) is 35.8 Å². The van der Waals surface area contributed by atoms with E-state index >= 15 is 0 Å². The van der Waals surface area contributed by atoms with Crippen LogP contribution in [0.15, 0.2) is 64.5 Å². The van der Waals surface area contributed by atoms with Gasteiger partial charge in [0.05, 0.1) is 5.56 Å². The summed E-state index contributed by atoms with van der Waals surface area (Å²) < 4.78 is 1.03. The van der Waals surface area contributed by atoms with E-state index in [2.05, 4.69) is 27.3 Å². The Morgan fingerprint density at radius 3 is 2.38 bits per heavy atom. The fraction of sp³-hybridized carbons (Fsp3) is 0. The van der Waals surface area contributed by atoms with E-state index in [1.807, 2.05) is 60.0 Å². The lowest BCUT2D eigenvalue weighted by Gasteiger charge is -2.04. The normalized spacial score (nSPS) is 10.1. The van der Waals surface area contributed by atoms with Crippen LogP contribution in [-0.2, 0) is 0 Å². The van der Waals surface area contributed by atoms with Gasteiger partial charge in [0.25, 0.3) is 0 Å². The number of hydrogen-bond acceptors (Lipinski definition) is 3. The van der Waals surface area contributed by atoms with Crippen LogP contribution in [-0.4, -0.2) is 0 Å². The van der Waals surface area contributed by atoms with E-state index < -0.39 is 0 Å². The summed E-state index contributed by atoms with van der Waals surface area (Å²) in [6.45, 7) is 0. The molecule has 1 N–H and O–H groups in total. The van der Waals surface area contributed by atoms with Crippen LogP contribution in [0.2, 0.25) is 0 Å². The van der Waals surface area contributed by atoms with Crippen molar-refractivity contribution in [2.75, 3.05) is 5.32 Å². The lowest BCUT2D eigenvalue weighted by Crippen LogP contribution is -1.90. The van der Waals surface area contributed by atoms with Crippen molar-refractivity contribution in [2.45, 2.75) is 0 Å². The Balaban J connectivity index is 1.98. The van der Waals surface area contributed by atoms with Crippen LogP contribution in [0.3, 0.4) is 0 Å². The van der Waals surface area contributed by atoms with Gasteiger partial charge in [0, 0.05) is 21.1 Å². The molecule has 0 amide bonds. The van der Waals surface area contributed by atoms with E-state index in [0.717, 1.165) is 26.3 Å². The molecule has 0 aliphatic heterocycles. The van der Waals surface area contributed by atoms with Crippen molar-refractivity contribution >= 4 is 38.0 Å². The van der Waals surface area contributed by atoms with Gasteiger partial charge in [0.1, 0.15) is 11.1 Å². The zero-order valence-electron chi connectivity index (χ0n) is 11.0. The highest BCUT2D eigenvalue weighted by molar-refractivity contribution is 9.10. The molecule has 0 radical (unpaired) electrons. The van der Waals surface area contributed by atoms with Crippen molar-refractivity contribution in [3.8, 4) is 17.2 Å². The van der Waals surface area contributed by atoms with Crippen LogP contribution < -0.4 is 5.32 Å². The number of nitrogens with one attached hydrogen (secondary N) is 1. The van der Waals surface area contributed by atoms with Crippen molar-refractivity contribution < 1.29 is 0 Å². The Kier molecular flexibility index (Phi) is 4.05. The second-order valence-corrected chi connectivity index (χ2v) is 6.26.